The Bertz CT molecular complexity index is 2330. The van der Waals surface area contributed by atoms with Crippen LogP contribution in [-0.2, 0) is 19.3 Å². The Morgan fingerprint density at radius 3 is 1.35 bits per heavy atom. The fraction of sp³-hybridized carbons (Fsp3) is 0.130. The van der Waals surface area contributed by atoms with Crippen molar-refractivity contribution in [2.45, 2.75) is 40.0 Å². The molecule has 0 unspecified atom stereocenters. The summed E-state index contributed by atoms with van der Waals surface area (Å²) >= 11 is 0. The van der Waals surface area contributed by atoms with Gasteiger partial charge in [-0.3, -0.25) is 0 Å². The molecule has 0 aromatic heterocycles. The van der Waals surface area contributed by atoms with Gasteiger partial charge in [0.05, 0.1) is 0 Å². The predicted octanol–water partition coefficient (Wildman–Crippen LogP) is 13.0. The highest BCUT2D eigenvalue weighted by atomic mass is 14.2. The molecule has 0 N–H and O–H groups in total. The van der Waals surface area contributed by atoms with Crippen LogP contribution in [0, 0.1) is 0 Å². The maximum absolute atomic E-state index is 2.49. The normalized spacial score (nSPS) is 11.6. The van der Waals surface area contributed by atoms with E-state index in [1.54, 1.807) is 0 Å². The van der Waals surface area contributed by atoms with Gasteiger partial charge in [0.15, 0.2) is 0 Å². The Labute approximate surface area is 272 Å². The van der Waals surface area contributed by atoms with Crippen molar-refractivity contribution in [2.75, 3.05) is 0 Å². The molecule has 222 valence electrons. The van der Waals surface area contributed by atoms with Gasteiger partial charge in [-0.2, -0.15) is 0 Å². The smallest absolute Gasteiger partial charge is 0.00199 e. The van der Waals surface area contributed by atoms with Crippen molar-refractivity contribution in [1.82, 2.24) is 0 Å². The zero-order valence-corrected chi connectivity index (χ0v) is 26.9. The number of hydrogen-bond acceptors (Lipinski definition) is 0. The van der Waals surface area contributed by atoms with Crippen molar-refractivity contribution >= 4 is 43.1 Å². The Hall–Kier alpha value is -5.20. The van der Waals surface area contributed by atoms with Crippen molar-refractivity contribution in [3.05, 3.63) is 156 Å². The van der Waals surface area contributed by atoms with Crippen LogP contribution in [0.4, 0.5) is 0 Å². The lowest BCUT2D eigenvalue weighted by Gasteiger charge is -2.20. The van der Waals surface area contributed by atoms with E-state index in [9.17, 15) is 0 Å². The number of hydrogen-bond donors (Lipinski definition) is 0. The molecular formula is C46H38. The summed E-state index contributed by atoms with van der Waals surface area (Å²) in [5, 5.41) is 10.4. The Morgan fingerprint density at radius 2 is 0.783 bits per heavy atom. The Kier molecular flexibility index (Phi) is 7.15. The van der Waals surface area contributed by atoms with E-state index in [2.05, 4.69) is 160 Å². The summed E-state index contributed by atoms with van der Waals surface area (Å²) in [5.41, 5.74) is 11.9. The SMILES string of the molecule is CCc1ccc(-c2c3ccccc3c(-c3cc4c(-c5cc(CC)cc(CC)c5)cccc4c4ccccc34)c3ccccc23)cc1. The second-order valence-electron chi connectivity index (χ2n) is 12.5. The average Bonchev–Trinajstić information content (AvgIpc) is 3.13. The molecule has 0 aliphatic rings. The molecular weight excluding hydrogens is 553 g/mol. The Morgan fingerprint density at radius 1 is 0.304 bits per heavy atom. The largest absolute Gasteiger partial charge is 0.0616 e. The van der Waals surface area contributed by atoms with Crippen molar-refractivity contribution < 1.29 is 0 Å². The first-order chi connectivity index (χ1) is 22.7. The van der Waals surface area contributed by atoms with E-state index in [1.165, 1.54) is 93.2 Å². The van der Waals surface area contributed by atoms with E-state index in [-0.39, 0.29) is 0 Å². The highest BCUT2D eigenvalue weighted by Crippen LogP contribution is 2.47. The van der Waals surface area contributed by atoms with E-state index < -0.39 is 0 Å². The minimum absolute atomic E-state index is 1.03. The highest BCUT2D eigenvalue weighted by molar-refractivity contribution is 6.26. The maximum Gasteiger partial charge on any atom is -0.00199 e. The number of fused-ring (bicyclic) bond motifs is 5. The number of benzene rings is 8. The molecule has 46 heavy (non-hydrogen) atoms. The summed E-state index contributed by atoms with van der Waals surface area (Å²) in [7, 11) is 0. The van der Waals surface area contributed by atoms with Crippen LogP contribution < -0.4 is 0 Å². The molecule has 8 aromatic rings. The topological polar surface area (TPSA) is 0 Å². The van der Waals surface area contributed by atoms with Gasteiger partial charge in [-0.05, 0) is 118 Å². The third-order valence-electron chi connectivity index (χ3n) is 9.93. The van der Waals surface area contributed by atoms with Gasteiger partial charge in [0, 0.05) is 0 Å². The van der Waals surface area contributed by atoms with Gasteiger partial charge in [0.2, 0.25) is 0 Å². The third kappa shape index (κ3) is 4.60. The minimum atomic E-state index is 1.03. The first-order valence-electron chi connectivity index (χ1n) is 16.8. The van der Waals surface area contributed by atoms with Gasteiger partial charge in [-0.15, -0.1) is 0 Å². The fourth-order valence-corrected chi connectivity index (χ4v) is 7.55. The second-order valence-corrected chi connectivity index (χ2v) is 12.5. The third-order valence-corrected chi connectivity index (χ3v) is 9.93. The molecule has 0 nitrogen and oxygen atoms in total. The number of rotatable bonds is 6. The molecule has 8 rings (SSSR count). The molecule has 0 heteroatoms. The molecule has 0 amide bonds. The predicted molar refractivity (Wildman–Crippen MR) is 201 cm³/mol. The van der Waals surface area contributed by atoms with Crippen molar-refractivity contribution in [3.8, 4) is 33.4 Å². The summed E-state index contributed by atoms with van der Waals surface area (Å²) in [6.45, 7) is 6.73. The summed E-state index contributed by atoms with van der Waals surface area (Å²) < 4.78 is 0. The quantitative estimate of drug-likeness (QED) is 0.133. The van der Waals surface area contributed by atoms with Gasteiger partial charge < -0.3 is 0 Å². The van der Waals surface area contributed by atoms with Gasteiger partial charge in [-0.25, -0.2) is 0 Å². The molecule has 0 aliphatic carbocycles. The average molecular weight is 591 g/mol. The van der Waals surface area contributed by atoms with Crippen molar-refractivity contribution in [2.24, 2.45) is 0 Å². The molecule has 0 saturated carbocycles. The van der Waals surface area contributed by atoms with Gasteiger partial charge >= 0.3 is 0 Å². The van der Waals surface area contributed by atoms with Crippen molar-refractivity contribution in [1.29, 1.82) is 0 Å². The van der Waals surface area contributed by atoms with Crippen LogP contribution in [0.5, 0.6) is 0 Å². The monoisotopic (exact) mass is 590 g/mol. The van der Waals surface area contributed by atoms with E-state index >= 15 is 0 Å². The van der Waals surface area contributed by atoms with E-state index in [0.29, 0.717) is 0 Å². The van der Waals surface area contributed by atoms with Crippen LogP contribution in [0.15, 0.2) is 140 Å². The molecule has 0 bridgehead atoms. The molecule has 0 radical (unpaired) electrons. The first kappa shape index (κ1) is 28.3. The van der Waals surface area contributed by atoms with E-state index in [4.69, 9.17) is 0 Å². The standard InChI is InChI=1S/C46H38/c1-4-30-22-24-33(25-23-30)45-39-16-9-11-18-41(39)46(42-19-12-10-17-40(42)45)44-29-43-35(34-27-31(5-2)26-32(6-3)28-34)20-13-21-37(43)36-14-7-8-15-38(36)44/h7-29H,4-6H2,1-3H3. The lowest BCUT2D eigenvalue weighted by molar-refractivity contribution is 1.09. The lowest BCUT2D eigenvalue weighted by atomic mass is 9.83. The summed E-state index contributed by atoms with van der Waals surface area (Å²) in [6.07, 6.45) is 3.11. The van der Waals surface area contributed by atoms with E-state index in [1.807, 2.05) is 0 Å². The Balaban J connectivity index is 1.51. The van der Waals surface area contributed by atoms with Crippen LogP contribution in [0.2, 0.25) is 0 Å². The van der Waals surface area contributed by atoms with Gasteiger partial charge in [0.25, 0.3) is 0 Å². The fourth-order valence-electron chi connectivity index (χ4n) is 7.55. The van der Waals surface area contributed by atoms with Crippen LogP contribution in [0.3, 0.4) is 0 Å². The highest BCUT2D eigenvalue weighted by Gasteiger charge is 2.20. The molecule has 0 aliphatic heterocycles. The summed E-state index contributed by atoms with van der Waals surface area (Å²) in [5.74, 6) is 0. The second kappa shape index (κ2) is 11.6. The summed E-state index contributed by atoms with van der Waals surface area (Å²) in [4.78, 5) is 0. The molecule has 0 fully saturated rings. The zero-order chi connectivity index (χ0) is 31.2. The number of aryl methyl sites for hydroxylation is 3. The van der Waals surface area contributed by atoms with Gasteiger partial charge in [0.1, 0.15) is 0 Å². The first-order valence-corrected chi connectivity index (χ1v) is 16.8. The van der Waals surface area contributed by atoms with Crippen LogP contribution in [-0.4, -0.2) is 0 Å². The molecule has 8 aromatic carbocycles. The van der Waals surface area contributed by atoms with Crippen LogP contribution in [0.1, 0.15) is 37.5 Å². The van der Waals surface area contributed by atoms with Crippen molar-refractivity contribution in [3.63, 3.8) is 0 Å². The lowest BCUT2D eigenvalue weighted by Crippen LogP contribution is -1.94. The van der Waals surface area contributed by atoms with Crippen LogP contribution >= 0.6 is 0 Å². The van der Waals surface area contributed by atoms with Gasteiger partial charge in [-0.1, -0.05) is 154 Å². The molecule has 0 saturated heterocycles. The maximum atomic E-state index is 2.49. The summed E-state index contributed by atoms with van der Waals surface area (Å²) in [6, 6.07) is 52.7. The molecule has 0 spiro atoms. The molecule has 0 heterocycles. The van der Waals surface area contributed by atoms with E-state index in [0.717, 1.165) is 19.3 Å². The van der Waals surface area contributed by atoms with Crippen LogP contribution in [0.25, 0.3) is 76.5 Å². The molecule has 0 atom stereocenters. The zero-order valence-electron chi connectivity index (χ0n) is 26.9. The minimum Gasteiger partial charge on any atom is -0.0616 e.